The number of carbonyl (C=O) groups excluding carboxylic acids is 15. The fourth-order valence-corrected chi connectivity index (χ4v) is 15.2. The van der Waals surface area contributed by atoms with E-state index < -0.39 is 181 Å². The monoisotopic (exact) mass is 1780 g/mol. The first-order valence-electron chi connectivity index (χ1n) is 42.1. The quantitative estimate of drug-likeness (QED) is 0.0199. The Labute approximate surface area is 738 Å². The Morgan fingerprint density at radius 1 is 0.460 bits per heavy atom. The van der Waals surface area contributed by atoms with Crippen molar-refractivity contribution in [2.24, 2.45) is 22.9 Å². The molecule has 40 heteroatoms. The van der Waals surface area contributed by atoms with Crippen molar-refractivity contribution in [1.29, 1.82) is 0 Å². The highest BCUT2D eigenvalue weighted by Crippen LogP contribution is 2.25. The lowest BCUT2D eigenvalue weighted by Crippen LogP contribution is -2.60. The number of rotatable bonds is 54. The summed E-state index contributed by atoms with van der Waals surface area (Å²) in [6, 6.07) is 15.6. The number of aromatic hydroxyl groups is 1. The Kier molecular flexibility index (Phi) is 40.7. The summed E-state index contributed by atoms with van der Waals surface area (Å²) in [5.74, 6) is -10.8. The van der Waals surface area contributed by atoms with Gasteiger partial charge in [0, 0.05) is 72.6 Å². The third-order valence-corrected chi connectivity index (χ3v) is 22.6. The van der Waals surface area contributed by atoms with Crippen LogP contribution in [0.15, 0.2) is 128 Å². The molecule has 25 N–H and O–H groups in total. The molecule has 8 rings (SSSR count). The number of para-hydroxylation sites is 2. The number of phenolic OH excluding ortho intramolecular Hbond substituents is 1. The first kappa shape index (κ1) is 99.0. The normalized spacial score (nSPS) is 14.8. The molecule has 1 aliphatic heterocycles. The number of aromatic nitrogens is 4. The van der Waals surface area contributed by atoms with Gasteiger partial charge in [0.05, 0.1) is 44.2 Å². The van der Waals surface area contributed by atoms with Gasteiger partial charge in [-0.15, -0.1) is 0 Å². The highest BCUT2D eigenvalue weighted by Gasteiger charge is 2.42. The standard InChI is InChI=1S/C86H118N22O16S2/c1-51(99-82(120)68(40-54-43-92-61-22-11-9-20-58(54)61)106-85(123)71-27-16-35-108(71)86(124)70(42-56-45-91-50-98-56)107-84(122)69(41-55-44-93-62-23-12-10-21-59(55)62)104-78(116)60(89)38-52-18-6-4-7-19-52)77(115)101-66(32-37-126-3)81(119)103-65(26-17-36-125-2)80(118)105-67(39-53-28-30-57(109)31-29-53)83(121)102-64(25-8-5-14-33-87)79(117)97-48-74(112)95-46-72(110)94-47-73(111)96-49-75(113)100-63(76(90)114)24-13-15-34-88/h4,6-7,9-12,18-23,28-31,43-45,50-51,60,63-71,92-93,109H,5,8,13-17,24-27,32-42,46-49,87-89H2,1-3H3,(H2,90,114)(H,91,98)(H,94,110)(H,95,112)(H,96,111)(H,97,117)(H,99,120)(H,100,113)(H,101,115)(H,102,121)(H,103,119)(H,104,116)(H,105,118)(H,106,123)(H,107,122)/t51-,60-,63-,64-,65-,66-,67-,68-,69-,70-,71-/m1/s1. The number of primary amides is 1. The molecule has 4 aromatic carbocycles. The fraction of sp³-hybridized carbons (Fsp3) is 0.465. The van der Waals surface area contributed by atoms with E-state index in [4.69, 9.17) is 22.9 Å². The van der Waals surface area contributed by atoms with Crippen molar-refractivity contribution in [3.63, 3.8) is 0 Å². The predicted molar refractivity (Wildman–Crippen MR) is 476 cm³/mol. The maximum Gasteiger partial charge on any atom is 0.246 e. The maximum absolute atomic E-state index is 15.3. The molecule has 3 aromatic heterocycles. The van der Waals surface area contributed by atoms with Gasteiger partial charge in [0.2, 0.25) is 88.6 Å². The summed E-state index contributed by atoms with van der Waals surface area (Å²) >= 11 is 2.83. The van der Waals surface area contributed by atoms with Gasteiger partial charge in [-0.1, -0.05) is 91.7 Å². The molecule has 0 bridgehead atoms. The number of hydrogen-bond acceptors (Lipinski definition) is 22. The Morgan fingerprint density at radius 2 is 0.937 bits per heavy atom. The van der Waals surface area contributed by atoms with Crippen LogP contribution in [0.25, 0.3) is 21.8 Å². The number of nitrogens with zero attached hydrogens (tertiary/aromatic N) is 2. The summed E-state index contributed by atoms with van der Waals surface area (Å²) in [5, 5.41) is 46.0. The van der Waals surface area contributed by atoms with Gasteiger partial charge in [-0.25, -0.2) is 4.98 Å². The van der Waals surface area contributed by atoms with Crippen molar-refractivity contribution in [2.75, 3.05) is 69.8 Å². The van der Waals surface area contributed by atoms with E-state index in [0.29, 0.717) is 91.9 Å². The summed E-state index contributed by atoms with van der Waals surface area (Å²) in [7, 11) is 0. The average Bonchev–Trinajstić information content (AvgIpc) is 1.62. The van der Waals surface area contributed by atoms with Crippen molar-refractivity contribution in [1.82, 2.24) is 94.0 Å². The zero-order chi connectivity index (χ0) is 91.0. The van der Waals surface area contributed by atoms with E-state index in [1.807, 2.05) is 79.1 Å². The number of imidazole rings is 1. The lowest BCUT2D eigenvalue weighted by atomic mass is 10.0. The van der Waals surface area contributed by atoms with E-state index >= 15 is 9.59 Å². The van der Waals surface area contributed by atoms with Crippen molar-refractivity contribution < 1.29 is 77.0 Å². The second-order valence-electron chi connectivity index (χ2n) is 30.8. The second-order valence-corrected chi connectivity index (χ2v) is 32.8. The number of aromatic amines is 3. The number of unbranched alkanes of at least 4 members (excludes halogenated alkanes) is 3. The number of phenols is 1. The highest BCUT2D eigenvalue weighted by atomic mass is 32.2. The second kappa shape index (κ2) is 51.8. The molecule has 7 aromatic rings. The van der Waals surface area contributed by atoms with Crippen molar-refractivity contribution >= 4 is 134 Å². The van der Waals surface area contributed by atoms with Gasteiger partial charge in [0.25, 0.3) is 0 Å². The zero-order valence-electron chi connectivity index (χ0n) is 71.0. The topological polar surface area (TPSA) is 600 Å². The zero-order valence-corrected chi connectivity index (χ0v) is 72.6. The van der Waals surface area contributed by atoms with Gasteiger partial charge in [0.15, 0.2) is 0 Å². The van der Waals surface area contributed by atoms with Crippen LogP contribution in [-0.2, 0) is 104 Å². The van der Waals surface area contributed by atoms with Crippen LogP contribution in [0.3, 0.4) is 0 Å². The number of carbonyl (C=O) groups is 15. The molecule has 0 aliphatic carbocycles. The van der Waals surface area contributed by atoms with Gasteiger partial charge in [0.1, 0.15) is 66.2 Å². The fourth-order valence-electron chi connectivity index (χ4n) is 14.3. The third kappa shape index (κ3) is 32.0. The van der Waals surface area contributed by atoms with Crippen LogP contribution in [0, 0.1) is 0 Å². The number of nitrogens with one attached hydrogen (secondary N) is 16. The van der Waals surface area contributed by atoms with Crippen LogP contribution in [-0.4, -0.2) is 255 Å². The number of hydrogen-bond donors (Lipinski definition) is 21. The summed E-state index contributed by atoms with van der Waals surface area (Å²) in [6.07, 6.45) is 13.5. The van der Waals surface area contributed by atoms with Crippen LogP contribution in [0.5, 0.6) is 5.75 Å². The number of benzene rings is 4. The Hall–Kier alpha value is -12.4. The van der Waals surface area contributed by atoms with Gasteiger partial charge >= 0.3 is 0 Å². The maximum atomic E-state index is 15.3. The van der Waals surface area contributed by atoms with E-state index in [-0.39, 0.29) is 76.5 Å². The number of H-pyrrole nitrogens is 3. The number of likely N-dealkylation sites (tertiary alicyclic amines) is 1. The molecule has 1 saturated heterocycles. The van der Waals surface area contributed by atoms with Gasteiger partial charge in [-0.3, -0.25) is 71.9 Å². The molecule has 11 atom stereocenters. The molecule has 680 valence electrons. The minimum atomic E-state index is -1.46. The Bertz CT molecular complexity index is 4810. The number of thioether (sulfide) groups is 2. The Morgan fingerprint density at radius 3 is 1.52 bits per heavy atom. The van der Waals surface area contributed by atoms with Crippen molar-refractivity contribution in [3.05, 3.63) is 156 Å². The first-order valence-corrected chi connectivity index (χ1v) is 44.9. The van der Waals surface area contributed by atoms with Crippen LogP contribution in [0.2, 0.25) is 0 Å². The highest BCUT2D eigenvalue weighted by molar-refractivity contribution is 7.98. The van der Waals surface area contributed by atoms with Crippen molar-refractivity contribution in [2.45, 2.75) is 183 Å². The number of amides is 15. The lowest BCUT2D eigenvalue weighted by Gasteiger charge is -2.31. The molecule has 0 spiro atoms. The van der Waals surface area contributed by atoms with E-state index in [0.717, 1.165) is 27.4 Å². The smallest absolute Gasteiger partial charge is 0.246 e. The molecule has 1 fully saturated rings. The predicted octanol–water partition coefficient (Wildman–Crippen LogP) is -1.21. The molecule has 38 nitrogen and oxygen atoms in total. The molecule has 0 unspecified atom stereocenters. The summed E-state index contributed by atoms with van der Waals surface area (Å²) in [6.45, 7) is -0.276. The van der Waals surface area contributed by atoms with Gasteiger partial charge in [-0.2, -0.15) is 23.5 Å². The van der Waals surface area contributed by atoms with E-state index in [2.05, 4.69) is 89.1 Å². The van der Waals surface area contributed by atoms with Crippen molar-refractivity contribution in [3.8, 4) is 5.75 Å². The third-order valence-electron chi connectivity index (χ3n) is 21.2. The van der Waals surface area contributed by atoms with Crippen LogP contribution in [0.4, 0.5) is 0 Å². The minimum absolute atomic E-state index is 0.0105. The SMILES string of the molecule is CSCCC[C@@H](NC(=O)[C@@H](CCSC)NC(=O)[C@@H](C)NC(=O)[C@@H](Cc1c[nH]c2ccccc12)NC(=O)[C@H]1CCCN1C(=O)[C@@H](Cc1c[nH]cn1)NC(=O)[C@@H](Cc1c[nH]c2ccccc12)NC(=O)[C@H](N)Cc1ccccc1)C(=O)N[C@H](Cc1ccc(O)cc1)C(=O)N[C@H](CCCCCN)C(=O)NCC(=O)NCC(=O)NCC(=O)NCC(=O)N[C@H](CCCCN)C(N)=O. The van der Waals surface area contributed by atoms with Crippen LogP contribution in [0.1, 0.15) is 112 Å². The van der Waals surface area contributed by atoms with Gasteiger partial charge in [-0.05, 0) is 161 Å². The van der Waals surface area contributed by atoms with E-state index in [1.165, 1.54) is 65.9 Å². The van der Waals surface area contributed by atoms with Gasteiger partial charge < -0.3 is 117 Å². The van der Waals surface area contributed by atoms with Crippen LogP contribution >= 0.6 is 23.5 Å². The molecule has 15 amide bonds. The van der Waals surface area contributed by atoms with E-state index in [9.17, 15) is 67.4 Å². The largest absolute Gasteiger partial charge is 0.508 e. The Balaban J connectivity index is 0.931. The molecular formula is C86H118N22O16S2. The minimum Gasteiger partial charge on any atom is -0.508 e. The summed E-state index contributed by atoms with van der Waals surface area (Å²) in [4.78, 5) is 224. The summed E-state index contributed by atoms with van der Waals surface area (Å²) < 4.78 is 0. The molecule has 1 aliphatic rings. The molecular weight excluding hydrogens is 1660 g/mol. The number of fused-ring (bicyclic) bond motifs is 2. The first-order chi connectivity index (χ1) is 60.6. The molecule has 4 heterocycles. The molecule has 0 saturated carbocycles. The lowest BCUT2D eigenvalue weighted by molar-refractivity contribution is -0.142. The molecule has 0 radical (unpaired) electrons. The summed E-state index contributed by atoms with van der Waals surface area (Å²) in [5.41, 5.74) is 27.6. The van der Waals surface area contributed by atoms with E-state index in [1.54, 1.807) is 30.9 Å². The van der Waals surface area contributed by atoms with Crippen LogP contribution < -0.4 is 92.1 Å². The molecule has 126 heavy (non-hydrogen) atoms. The average molecular weight is 1780 g/mol. The number of nitrogens with two attached hydrogens (primary N) is 4.